The van der Waals surface area contributed by atoms with E-state index in [9.17, 15) is 9.59 Å². The molecule has 1 aliphatic rings. The summed E-state index contributed by atoms with van der Waals surface area (Å²) >= 11 is 3.45. The first-order valence-corrected chi connectivity index (χ1v) is 7.37. The van der Waals surface area contributed by atoms with Crippen LogP contribution in [0.5, 0.6) is 0 Å². The van der Waals surface area contributed by atoms with Crippen LogP contribution in [-0.2, 0) is 14.3 Å². The predicted octanol–water partition coefficient (Wildman–Crippen LogP) is 2.88. The first-order chi connectivity index (χ1) is 10.1. The first-order valence-electron chi connectivity index (χ1n) is 6.58. The number of hydrogen-bond donors (Lipinski definition) is 0. The fourth-order valence-electron chi connectivity index (χ4n) is 2.37. The summed E-state index contributed by atoms with van der Waals surface area (Å²) in [6.45, 7) is 1.78. The molecule has 0 spiro atoms. The van der Waals surface area contributed by atoms with Crippen molar-refractivity contribution in [3.63, 3.8) is 0 Å². The third kappa shape index (κ3) is 3.29. The molecule has 0 fully saturated rings. The van der Waals surface area contributed by atoms with Crippen LogP contribution in [0.1, 0.15) is 18.4 Å². The van der Waals surface area contributed by atoms with Gasteiger partial charge in [-0.3, -0.25) is 9.79 Å². The van der Waals surface area contributed by atoms with Crippen LogP contribution < -0.4 is 0 Å². The number of carbonyl (C=O) groups is 2. The van der Waals surface area contributed by atoms with Gasteiger partial charge in [-0.2, -0.15) is 0 Å². The van der Waals surface area contributed by atoms with E-state index >= 15 is 0 Å². The highest BCUT2D eigenvalue weighted by atomic mass is 79.9. The minimum atomic E-state index is -0.497. The number of aldehydes is 1. The number of esters is 1. The minimum absolute atomic E-state index is 0.342. The van der Waals surface area contributed by atoms with Gasteiger partial charge in [-0.25, -0.2) is 0 Å². The lowest BCUT2D eigenvalue weighted by Crippen LogP contribution is -2.30. The highest BCUT2D eigenvalue weighted by Gasteiger charge is 2.32. The molecule has 4 nitrogen and oxygen atoms in total. The summed E-state index contributed by atoms with van der Waals surface area (Å²) in [7, 11) is 1.35. The molecule has 5 heteroatoms. The van der Waals surface area contributed by atoms with E-state index in [2.05, 4.69) is 20.9 Å². The van der Waals surface area contributed by atoms with E-state index in [0.717, 1.165) is 16.3 Å². The van der Waals surface area contributed by atoms with Crippen LogP contribution in [0.4, 0.5) is 0 Å². The molecule has 3 unspecified atom stereocenters. The van der Waals surface area contributed by atoms with Crippen LogP contribution in [0.3, 0.4) is 0 Å². The quantitative estimate of drug-likeness (QED) is 0.620. The van der Waals surface area contributed by atoms with E-state index in [1.807, 2.05) is 30.3 Å². The van der Waals surface area contributed by atoms with Crippen LogP contribution >= 0.6 is 15.9 Å². The van der Waals surface area contributed by atoms with Gasteiger partial charge in [-0.15, -0.1) is 0 Å². The van der Waals surface area contributed by atoms with E-state index in [-0.39, 0.29) is 17.9 Å². The third-order valence-electron chi connectivity index (χ3n) is 3.53. The standard InChI is InChI=1S/C16H16BrNO3/c1-10-12(16(20)21-2)8-14(17)15(18-10)13(9-19)11-6-4-3-5-7-11/h3-9,12-13,15H,1-2H3. The second kappa shape index (κ2) is 6.80. The van der Waals surface area contributed by atoms with Crippen LogP contribution in [0.2, 0.25) is 0 Å². The smallest absolute Gasteiger partial charge is 0.318 e. The Balaban J connectivity index is 2.33. The zero-order chi connectivity index (χ0) is 15.4. The lowest BCUT2D eigenvalue weighted by Gasteiger charge is -2.26. The van der Waals surface area contributed by atoms with E-state index in [4.69, 9.17) is 4.74 Å². The lowest BCUT2D eigenvalue weighted by molar-refractivity contribution is -0.141. The van der Waals surface area contributed by atoms with Gasteiger partial charge < -0.3 is 9.53 Å². The number of hydrogen-bond acceptors (Lipinski definition) is 4. The van der Waals surface area contributed by atoms with Gasteiger partial charge in [0.05, 0.1) is 19.1 Å². The number of halogens is 1. The molecule has 1 aliphatic heterocycles. The number of benzene rings is 1. The van der Waals surface area contributed by atoms with Crippen molar-refractivity contribution in [1.29, 1.82) is 0 Å². The summed E-state index contributed by atoms with van der Waals surface area (Å²) in [5, 5.41) is 0. The number of methoxy groups -OCH3 is 1. The summed E-state index contributed by atoms with van der Waals surface area (Å²) in [6.07, 6.45) is 2.66. The molecule has 0 radical (unpaired) electrons. The normalized spacial score (nSPS) is 22.8. The fourth-order valence-corrected chi connectivity index (χ4v) is 3.02. The molecule has 3 atom stereocenters. The third-order valence-corrected chi connectivity index (χ3v) is 4.26. The van der Waals surface area contributed by atoms with Gasteiger partial charge >= 0.3 is 5.97 Å². The zero-order valence-electron chi connectivity index (χ0n) is 11.8. The van der Waals surface area contributed by atoms with Crippen LogP contribution in [-0.4, -0.2) is 31.1 Å². The van der Waals surface area contributed by atoms with Gasteiger partial charge in [-0.1, -0.05) is 52.3 Å². The Morgan fingerprint density at radius 3 is 2.62 bits per heavy atom. The van der Waals surface area contributed by atoms with Crippen LogP contribution in [0, 0.1) is 5.92 Å². The average Bonchev–Trinajstić information content (AvgIpc) is 2.51. The molecular weight excluding hydrogens is 334 g/mol. The minimum Gasteiger partial charge on any atom is -0.468 e. The van der Waals surface area contributed by atoms with Gasteiger partial charge in [0.25, 0.3) is 0 Å². The Morgan fingerprint density at radius 1 is 1.38 bits per heavy atom. The number of carbonyl (C=O) groups excluding carboxylic acids is 2. The summed E-state index contributed by atoms with van der Waals surface area (Å²) < 4.78 is 5.49. The van der Waals surface area contributed by atoms with Crippen molar-refractivity contribution in [2.45, 2.75) is 18.9 Å². The van der Waals surface area contributed by atoms with Gasteiger partial charge in [0.2, 0.25) is 0 Å². The molecule has 1 heterocycles. The van der Waals surface area contributed by atoms with E-state index < -0.39 is 5.92 Å². The summed E-state index contributed by atoms with van der Waals surface area (Å²) in [5.74, 6) is -1.23. The van der Waals surface area contributed by atoms with Crippen molar-refractivity contribution in [3.8, 4) is 0 Å². The molecule has 0 saturated carbocycles. The monoisotopic (exact) mass is 349 g/mol. The van der Waals surface area contributed by atoms with Crippen molar-refractivity contribution in [2.75, 3.05) is 7.11 Å². The molecule has 0 N–H and O–H groups in total. The van der Waals surface area contributed by atoms with Crippen LogP contribution in [0.15, 0.2) is 45.9 Å². The van der Waals surface area contributed by atoms with Crippen molar-refractivity contribution in [2.24, 2.45) is 10.9 Å². The Hall–Kier alpha value is -1.75. The number of ether oxygens (including phenoxy) is 1. The highest BCUT2D eigenvalue weighted by molar-refractivity contribution is 9.11. The molecular formula is C16H16BrNO3. The molecule has 21 heavy (non-hydrogen) atoms. The van der Waals surface area contributed by atoms with Crippen molar-refractivity contribution in [3.05, 3.63) is 46.5 Å². The van der Waals surface area contributed by atoms with Crippen molar-refractivity contribution >= 4 is 33.9 Å². The SMILES string of the molecule is COC(=O)C1C=C(Br)C(C(C=O)c2ccccc2)N=C1C. The lowest BCUT2D eigenvalue weighted by atomic mass is 9.89. The fraction of sp³-hybridized carbons (Fsp3) is 0.312. The second-order valence-electron chi connectivity index (χ2n) is 4.84. The summed E-state index contributed by atoms with van der Waals surface area (Å²) in [5.41, 5.74) is 1.55. The maximum Gasteiger partial charge on any atom is 0.318 e. The maximum atomic E-state index is 11.7. The van der Waals surface area contributed by atoms with Crippen LogP contribution in [0.25, 0.3) is 0 Å². The molecule has 0 aromatic heterocycles. The molecule has 0 amide bonds. The molecule has 2 rings (SSSR count). The summed E-state index contributed by atoms with van der Waals surface area (Å²) in [4.78, 5) is 27.8. The molecule has 1 aromatic carbocycles. The van der Waals surface area contributed by atoms with E-state index in [0.29, 0.717) is 5.71 Å². The predicted molar refractivity (Wildman–Crippen MR) is 84.7 cm³/mol. The maximum absolute atomic E-state index is 11.7. The second-order valence-corrected chi connectivity index (χ2v) is 5.76. The Kier molecular flexibility index (Phi) is 5.07. The largest absolute Gasteiger partial charge is 0.468 e. The van der Waals surface area contributed by atoms with Gasteiger partial charge in [-0.05, 0) is 12.5 Å². The number of aliphatic imine (C=N–C) groups is 1. The summed E-state index contributed by atoms with van der Waals surface area (Å²) in [6, 6.07) is 9.14. The molecule has 110 valence electrons. The molecule has 0 bridgehead atoms. The number of rotatable bonds is 4. The molecule has 0 aliphatic carbocycles. The van der Waals surface area contributed by atoms with Crippen molar-refractivity contribution in [1.82, 2.24) is 0 Å². The van der Waals surface area contributed by atoms with Crippen molar-refractivity contribution < 1.29 is 14.3 Å². The number of nitrogens with zero attached hydrogens (tertiary/aromatic N) is 1. The Bertz CT molecular complexity index is 595. The topological polar surface area (TPSA) is 55.7 Å². The Morgan fingerprint density at radius 2 is 2.05 bits per heavy atom. The van der Waals surface area contributed by atoms with E-state index in [1.165, 1.54) is 7.11 Å². The molecule has 0 saturated heterocycles. The van der Waals surface area contributed by atoms with Gasteiger partial charge in [0.15, 0.2) is 0 Å². The first kappa shape index (κ1) is 15.6. The van der Waals surface area contributed by atoms with Gasteiger partial charge in [0.1, 0.15) is 12.2 Å². The van der Waals surface area contributed by atoms with Gasteiger partial charge in [0, 0.05) is 10.2 Å². The van der Waals surface area contributed by atoms with E-state index in [1.54, 1.807) is 13.0 Å². The highest BCUT2D eigenvalue weighted by Crippen LogP contribution is 2.33. The number of dihydropyridines is 1. The zero-order valence-corrected chi connectivity index (χ0v) is 13.4. The Labute approximate surface area is 132 Å². The average molecular weight is 350 g/mol. The molecule has 1 aromatic rings.